The molecule has 0 aliphatic rings. The van der Waals surface area contributed by atoms with E-state index in [-0.39, 0.29) is 17.5 Å². The lowest BCUT2D eigenvalue weighted by molar-refractivity contribution is 0.0893. The molecule has 0 saturated heterocycles. The van der Waals surface area contributed by atoms with E-state index in [0.717, 1.165) is 0 Å². The first-order valence-corrected chi connectivity index (χ1v) is 8.60. The third kappa shape index (κ3) is 4.53. The highest BCUT2D eigenvalue weighted by Gasteiger charge is 2.22. The second-order valence-corrected chi connectivity index (χ2v) is 5.85. The summed E-state index contributed by atoms with van der Waals surface area (Å²) in [5, 5.41) is 0. The van der Waals surface area contributed by atoms with Crippen molar-refractivity contribution in [1.29, 1.82) is 0 Å². The first kappa shape index (κ1) is 21.9. The number of benzene rings is 2. The van der Waals surface area contributed by atoms with E-state index in [1.54, 1.807) is 0 Å². The first-order chi connectivity index (χ1) is 13.9. The maximum Gasteiger partial charge on any atom is 0.203 e. The zero-order valence-corrected chi connectivity index (χ0v) is 17.3. The third-order valence-electron chi connectivity index (χ3n) is 4.29. The summed E-state index contributed by atoms with van der Waals surface area (Å²) in [6.45, 7) is 0. The molecule has 2 aromatic rings. The van der Waals surface area contributed by atoms with Gasteiger partial charge in [0.1, 0.15) is 0 Å². The first-order valence-electron chi connectivity index (χ1n) is 8.60. The minimum atomic E-state index is -0.400. The number of Topliss-reactive ketones (excluding diaryl/α,β-unsaturated/α-hetero) is 2. The van der Waals surface area contributed by atoms with Gasteiger partial charge < -0.3 is 28.4 Å². The van der Waals surface area contributed by atoms with Crippen LogP contribution >= 0.6 is 0 Å². The second-order valence-electron chi connectivity index (χ2n) is 5.85. The Balaban J connectivity index is 2.35. The SMILES string of the molecule is COc1cc(C(=O)CC(=O)c2cc(OC)c(OC)c(OC)c2)cc(OC)c1OC. The Hall–Kier alpha value is -3.42. The van der Waals surface area contributed by atoms with Crippen molar-refractivity contribution in [3.8, 4) is 34.5 Å². The Kier molecular flexibility index (Phi) is 7.30. The fourth-order valence-corrected chi connectivity index (χ4v) is 2.83. The smallest absolute Gasteiger partial charge is 0.203 e. The quantitative estimate of drug-likeness (QED) is 0.441. The minimum Gasteiger partial charge on any atom is -0.493 e. The summed E-state index contributed by atoms with van der Waals surface area (Å²) < 4.78 is 31.5. The van der Waals surface area contributed by atoms with Gasteiger partial charge in [0.05, 0.1) is 49.1 Å². The molecule has 0 spiro atoms. The lowest BCUT2D eigenvalue weighted by Gasteiger charge is -2.14. The van der Waals surface area contributed by atoms with Crippen molar-refractivity contribution in [2.45, 2.75) is 6.42 Å². The van der Waals surface area contributed by atoms with Crippen LogP contribution in [0.15, 0.2) is 24.3 Å². The summed E-state index contributed by atoms with van der Waals surface area (Å²) in [5.41, 5.74) is 0.528. The molecule has 0 aliphatic carbocycles. The van der Waals surface area contributed by atoms with Crippen LogP contribution in [0.5, 0.6) is 34.5 Å². The summed E-state index contributed by atoms with van der Waals surface area (Å²) in [4.78, 5) is 25.5. The minimum absolute atomic E-state index is 0.264. The van der Waals surface area contributed by atoms with Crippen molar-refractivity contribution >= 4 is 11.6 Å². The van der Waals surface area contributed by atoms with E-state index < -0.39 is 11.6 Å². The van der Waals surface area contributed by atoms with Crippen molar-refractivity contribution in [3.63, 3.8) is 0 Å². The number of carbonyl (C=O) groups excluding carboxylic acids is 2. The van der Waals surface area contributed by atoms with Crippen molar-refractivity contribution in [3.05, 3.63) is 35.4 Å². The number of carbonyl (C=O) groups is 2. The molecule has 0 saturated carbocycles. The highest BCUT2D eigenvalue weighted by Crippen LogP contribution is 2.40. The molecule has 0 heterocycles. The van der Waals surface area contributed by atoms with Crippen molar-refractivity contribution in [2.75, 3.05) is 42.7 Å². The molecule has 2 aromatic carbocycles. The molecule has 0 N–H and O–H groups in total. The number of rotatable bonds is 10. The molecule has 0 aliphatic heterocycles. The molecule has 0 unspecified atom stereocenters. The van der Waals surface area contributed by atoms with Crippen LogP contribution in [0.3, 0.4) is 0 Å². The van der Waals surface area contributed by atoms with E-state index in [9.17, 15) is 9.59 Å². The molecule has 156 valence electrons. The van der Waals surface area contributed by atoms with Crippen molar-refractivity contribution in [2.24, 2.45) is 0 Å². The molecule has 29 heavy (non-hydrogen) atoms. The highest BCUT2D eigenvalue weighted by atomic mass is 16.5. The van der Waals surface area contributed by atoms with Gasteiger partial charge in [-0.2, -0.15) is 0 Å². The standard InChI is InChI=1S/C21H24O8/c1-24-16-7-12(8-17(25-2)20(16)28-5)14(22)11-15(23)13-9-18(26-3)21(29-6)19(10-13)27-4/h7-10H,11H2,1-6H3. The zero-order valence-electron chi connectivity index (χ0n) is 17.3. The lowest BCUT2D eigenvalue weighted by atomic mass is 10.00. The largest absolute Gasteiger partial charge is 0.493 e. The third-order valence-corrected chi connectivity index (χ3v) is 4.29. The van der Waals surface area contributed by atoms with E-state index in [2.05, 4.69) is 0 Å². The average Bonchev–Trinajstić information content (AvgIpc) is 2.76. The van der Waals surface area contributed by atoms with Crippen LogP contribution in [0.2, 0.25) is 0 Å². The van der Waals surface area contributed by atoms with Crippen LogP contribution in [0, 0.1) is 0 Å². The van der Waals surface area contributed by atoms with Gasteiger partial charge in [0.25, 0.3) is 0 Å². The van der Waals surface area contributed by atoms with E-state index in [4.69, 9.17) is 28.4 Å². The Labute approximate surface area is 169 Å². The molecule has 0 amide bonds. The molecule has 8 nitrogen and oxygen atoms in total. The molecular weight excluding hydrogens is 380 g/mol. The monoisotopic (exact) mass is 404 g/mol. The van der Waals surface area contributed by atoms with Crippen molar-refractivity contribution in [1.82, 2.24) is 0 Å². The molecular formula is C21H24O8. The van der Waals surface area contributed by atoms with Gasteiger partial charge in [0.15, 0.2) is 34.6 Å². The molecule has 0 atom stereocenters. The lowest BCUT2D eigenvalue weighted by Crippen LogP contribution is -2.10. The topological polar surface area (TPSA) is 89.5 Å². The Morgan fingerprint density at radius 3 is 1.03 bits per heavy atom. The van der Waals surface area contributed by atoms with Crippen molar-refractivity contribution < 1.29 is 38.0 Å². The van der Waals surface area contributed by atoms with Gasteiger partial charge in [-0.3, -0.25) is 9.59 Å². The summed E-state index contributed by atoms with van der Waals surface area (Å²) in [6.07, 6.45) is -0.364. The fraction of sp³-hybridized carbons (Fsp3) is 0.333. The van der Waals surface area contributed by atoms with Gasteiger partial charge >= 0.3 is 0 Å². The van der Waals surface area contributed by atoms with Gasteiger partial charge in [-0.05, 0) is 24.3 Å². The molecule has 0 radical (unpaired) electrons. The van der Waals surface area contributed by atoms with Crippen LogP contribution < -0.4 is 28.4 Å². The molecule has 8 heteroatoms. The maximum absolute atomic E-state index is 12.7. The predicted octanol–water partition coefficient (Wildman–Crippen LogP) is 3.19. The van der Waals surface area contributed by atoms with E-state index in [0.29, 0.717) is 34.5 Å². The predicted molar refractivity (Wildman–Crippen MR) is 105 cm³/mol. The van der Waals surface area contributed by atoms with Crippen LogP contribution in [-0.4, -0.2) is 54.2 Å². The van der Waals surface area contributed by atoms with Gasteiger partial charge in [0, 0.05) is 11.1 Å². The number of hydrogen-bond donors (Lipinski definition) is 0. The number of hydrogen-bond acceptors (Lipinski definition) is 8. The van der Waals surface area contributed by atoms with Crippen LogP contribution in [0.25, 0.3) is 0 Å². The zero-order chi connectivity index (χ0) is 21.6. The Morgan fingerprint density at radius 2 is 0.828 bits per heavy atom. The summed E-state index contributed by atoms with van der Waals surface area (Å²) >= 11 is 0. The molecule has 0 bridgehead atoms. The molecule has 0 aromatic heterocycles. The van der Waals surface area contributed by atoms with E-state index in [1.807, 2.05) is 0 Å². The van der Waals surface area contributed by atoms with Gasteiger partial charge in [-0.25, -0.2) is 0 Å². The average molecular weight is 404 g/mol. The number of ketones is 2. The second kappa shape index (κ2) is 9.68. The molecule has 2 rings (SSSR count). The summed E-state index contributed by atoms with van der Waals surface area (Å²) in [5.74, 6) is 1.24. The summed E-state index contributed by atoms with van der Waals surface area (Å²) in [6, 6.07) is 6.02. The van der Waals surface area contributed by atoms with Crippen LogP contribution in [-0.2, 0) is 0 Å². The number of ether oxygens (including phenoxy) is 6. The molecule has 0 fully saturated rings. The van der Waals surface area contributed by atoms with Gasteiger partial charge in [-0.15, -0.1) is 0 Å². The summed E-state index contributed by atoms with van der Waals surface area (Å²) in [7, 11) is 8.74. The number of methoxy groups -OCH3 is 6. The van der Waals surface area contributed by atoms with E-state index in [1.165, 1.54) is 66.9 Å². The van der Waals surface area contributed by atoms with Crippen LogP contribution in [0.1, 0.15) is 27.1 Å². The van der Waals surface area contributed by atoms with Gasteiger partial charge in [0.2, 0.25) is 11.5 Å². The van der Waals surface area contributed by atoms with E-state index >= 15 is 0 Å². The Bertz CT molecular complexity index is 780. The highest BCUT2D eigenvalue weighted by molar-refractivity contribution is 6.14. The fourth-order valence-electron chi connectivity index (χ4n) is 2.83. The maximum atomic E-state index is 12.7. The van der Waals surface area contributed by atoms with Gasteiger partial charge in [-0.1, -0.05) is 0 Å². The Morgan fingerprint density at radius 1 is 0.552 bits per heavy atom. The normalized spacial score (nSPS) is 10.1. The van der Waals surface area contributed by atoms with Crippen LogP contribution in [0.4, 0.5) is 0 Å².